The lowest BCUT2D eigenvalue weighted by molar-refractivity contribution is 0.473. The van der Waals surface area contributed by atoms with Crippen LogP contribution in [0.15, 0.2) is 47.6 Å². The molecule has 0 saturated heterocycles. The van der Waals surface area contributed by atoms with E-state index in [-0.39, 0.29) is 5.75 Å². The van der Waals surface area contributed by atoms with Crippen LogP contribution in [0.1, 0.15) is 11.3 Å². The molecule has 1 aromatic heterocycles. The van der Waals surface area contributed by atoms with Crippen molar-refractivity contribution in [1.82, 2.24) is 4.98 Å². The second-order valence-electron chi connectivity index (χ2n) is 3.46. The summed E-state index contributed by atoms with van der Waals surface area (Å²) in [6, 6.07) is 11.1. The molecule has 0 fully saturated rings. The van der Waals surface area contributed by atoms with Crippen LogP contribution in [0.25, 0.3) is 0 Å². The first-order valence-corrected chi connectivity index (χ1v) is 5.01. The summed E-state index contributed by atoms with van der Waals surface area (Å²) < 4.78 is 0. The highest BCUT2D eigenvalue weighted by Gasteiger charge is 2.00. The van der Waals surface area contributed by atoms with E-state index in [4.69, 9.17) is 0 Å². The molecular formula is C13H12N2O. The number of hydrogen-bond acceptors (Lipinski definition) is 3. The molecule has 0 spiro atoms. The zero-order valence-corrected chi connectivity index (χ0v) is 8.96. The van der Waals surface area contributed by atoms with Crippen molar-refractivity contribution >= 4 is 11.9 Å². The Labute approximate surface area is 94.1 Å². The summed E-state index contributed by atoms with van der Waals surface area (Å²) in [7, 11) is 0. The molecule has 16 heavy (non-hydrogen) atoms. The molecule has 0 radical (unpaired) electrons. The molecule has 0 amide bonds. The number of nitrogens with zero attached hydrogens (tertiary/aromatic N) is 2. The van der Waals surface area contributed by atoms with Crippen molar-refractivity contribution in [2.45, 2.75) is 6.92 Å². The van der Waals surface area contributed by atoms with Gasteiger partial charge in [0.25, 0.3) is 0 Å². The van der Waals surface area contributed by atoms with E-state index in [0.29, 0.717) is 5.69 Å². The summed E-state index contributed by atoms with van der Waals surface area (Å²) in [4.78, 5) is 8.31. The average Bonchev–Trinajstić information content (AvgIpc) is 2.32. The number of aromatic nitrogens is 1. The van der Waals surface area contributed by atoms with Gasteiger partial charge in [-0.15, -0.1) is 0 Å². The minimum absolute atomic E-state index is 0.217. The van der Waals surface area contributed by atoms with Crippen LogP contribution in [0.3, 0.4) is 0 Å². The molecule has 0 atom stereocenters. The lowest BCUT2D eigenvalue weighted by atomic mass is 10.2. The van der Waals surface area contributed by atoms with Crippen LogP contribution in [0.4, 0.5) is 5.69 Å². The van der Waals surface area contributed by atoms with Crippen LogP contribution in [-0.4, -0.2) is 16.3 Å². The maximum Gasteiger partial charge on any atom is 0.144 e. The van der Waals surface area contributed by atoms with Crippen LogP contribution in [0, 0.1) is 6.92 Å². The molecule has 3 heteroatoms. The van der Waals surface area contributed by atoms with E-state index in [2.05, 4.69) is 9.98 Å². The Bertz CT molecular complexity index is 507. The second-order valence-corrected chi connectivity index (χ2v) is 3.46. The number of rotatable bonds is 2. The first-order valence-electron chi connectivity index (χ1n) is 5.01. The van der Waals surface area contributed by atoms with Gasteiger partial charge in [0.05, 0.1) is 11.9 Å². The fraction of sp³-hybridized carbons (Fsp3) is 0.0769. The minimum Gasteiger partial charge on any atom is -0.505 e. The first kappa shape index (κ1) is 10.4. The van der Waals surface area contributed by atoms with Gasteiger partial charge in [0, 0.05) is 6.20 Å². The highest BCUT2D eigenvalue weighted by atomic mass is 16.3. The van der Waals surface area contributed by atoms with Crippen LogP contribution < -0.4 is 0 Å². The van der Waals surface area contributed by atoms with Crippen molar-refractivity contribution in [3.8, 4) is 5.75 Å². The predicted molar refractivity (Wildman–Crippen MR) is 64.3 cm³/mol. The summed E-state index contributed by atoms with van der Waals surface area (Å²) in [6.07, 6.45) is 3.34. The lowest BCUT2D eigenvalue weighted by Crippen LogP contribution is -1.84. The zero-order valence-electron chi connectivity index (χ0n) is 8.96. The van der Waals surface area contributed by atoms with E-state index in [9.17, 15) is 5.11 Å². The number of aryl methyl sites for hydroxylation is 1. The van der Waals surface area contributed by atoms with Gasteiger partial charge < -0.3 is 5.11 Å². The first-order chi connectivity index (χ1) is 7.77. The highest BCUT2D eigenvalue weighted by Crippen LogP contribution is 2.28. The van der Waals surface area contributed by atoms with Crippen molar-refractivity contribution in [3.05, 3.63) is 53.9 Å². The molecule has 1 heterocycles. The molecule has 0 aliphatic rings. The quantitative estimate of drug-likeness (QED) is 0.778. The van der Waals surface area contributed by atoms with Gasteiger partial charge in [-0.2, -0.15) is 0 Å². The topological polar surface area (TPSA) is 45.5 Å². The van der Waals surface area contributed by atoms with E-state index in [1.165, 1.54) is 0 Å². The van der Waals surface area contributed by atoms with E-state index in [1.54, 1.807) is 18.5 Å². The molecule has 0 aliphatic heterocycles. The van der Waals surface area contributed by atoms with Crippen LogP contribution in [0.5, 0.6) is 5.75 Å². The van der Waals surface area contributed by atoms with Gasteiger partial charge in [-0.1, -0.05) is 18.2 Å². The molecule has 2 aromatic rings. The maximum absolute atomic E-state index is 9.74. The van der Waals surface area contributed by atoms with Gasteiger partial charge in [-0.05, 0) is 30.7 Å². The Hall–Kier alpha value is -2.16. The SMILES string of the molecule is Cc1cccc(N=Cc2ccccn2)c1O. The van der Waals surface area contributed by atoms with Crippen molar-refractivity contribution in [3.63, 3.8) is 0 Å². The molecule has 1 aromatic carbocycles. The summed E-state index contributed by atoms with van der Waals surface area (Å²) in [5.74, 6) is 0.217. The van der Waals surface area contributed by atoms with Gasteiger partial charge in [-0.3, -0.25) is 9.98 Å². The van der Waals surface area contributed by atoms with Gasteiger partial charge in [0.15, 0.2) is 0 Å². The number of phenols is 1. The zero-order chi connectivity index (χ0) is 11.4. The van der Waals surface area contributed by atoms with Crippen molar-refractivity contribution in [1.29, 1.82) is 0 Å². The van der Waals surface area contributed by atoms with Gasteiger partial charge in [0.1, 0.15) is 11.4 Å². The Balaban J connectivity index is 2.28. The average molecular weight is 212 g/mol. The third kappa shape index (κ3) is 2.25. The standard InChI is InChI=1S/C13H12N2O/c1-10-5-4-7-12(13(10)16)15-9-11-6-2-3-8-14-11/h2-9,16H,1H3. The Morgan fingerprint density at radius 3 is 2.81 bits per heavy atom. The Kier molecular flexibility index (Phi) is 2.96. The maximum atomic E-state index is 9.74. The molecule has 0 saturated carbocycles. The second kappa shape index (κ2) is 4.57. The predicted octanol–water partition coefficient (Wildman–Crippen LogP) is 2.85. The number of phenolic OH excluding ortho intramolecular Hbond substituents is 1. The molecule has 0 aliphatic carbocycles. The van der Waals surface area contributed by atoms with Gasteiger partial charge >= 0.3 is 0 Å². The largest absolute Gasteiger partial charge is 0.505 e. The Morgan fingerprint density at radius 1 is 1.19 bits per heavy atom. The van der Waals surface area contributed by atoms with Crippen molar-refractivity contribution in [2.75, 3.05) is 0 Å². The van der Waals surface area contributed by atoms with Crippen LogP contribution in [-0.2, 0) is 0 Å². The number of benzene rings is 1. The summed E-state index contributed by atoms with van der Waals surface area (Å²) in [6.45, 7) is 1.84. The van der Waals surface area contributed by atoms with E-state index < -0.39 is 0 Å². The highest BCUT2D eigenvalue weighted by molar-refractivity contribution is 5.80. The molecular weight excluding hydrogens is 200 g/mol. The number of aliphatic imine (C=N–C) groups is 1. The molecule has 2 rings (SSSR count). The van der Waals surface area contributed by atoms with Crippen LogP contribution in [0.2, 0.25) is 0 Å². The lowest BCUT2D eigenvalue weighted by Gasteiger charge is -2.01. The fourth-order valence-electron chi connectivity index (χ4n) is 1.34. The van der Waals surface area contributed by atoms with E-state index in [1.807, 2.05) is 37.3 Å². The fourth-order valence-corrected chi connectivity index (χ4v) is 1.34. The van der Waals surface area contributed by atoms with E-state index in [0.717, 1.165) is 11.3 Å². The van der Waals surface area contributed by atoms with Gasteiger partial charge in [-0.25, -0.2) is 0 Å². The number of hydrogen-bond donors (Lipinski definition) is 1. The molecule has 0 unspecified atom stereocenters. The number of para-hydroxylation sites is 1. The number of aromatic hydroxyl groups is 1. The van der Waals surface area contributed by atoms with Gasteiger partial charge in [0.2, 0.25) is 0 Å². The molecule has 3 nitrogen and oxygen atoms in total. The minimum atomic E-state index is 0.217. The smallest absolute Gasteiger partial charge is 0.144 e. The van der Waals surface area contributed by atoms with Crippen molar-refractivity contribution < 1.29 is 5.11 Å². The molecule has 0 bridgehead atoms. The number of pyridine rings is 1. The summed E-state index contributed by atoms with van der Waals surface area (Å²) in [5.41, 5.74) is 2.14. The molecule has 1 N–H and O–H groups in total. The summed E-state index contributed by atoms with van der Waals surface area (Å²) >= 11 is 0. The monoisotopic (exact) mass is 212 g/mol. The third-order valence-electron chi connectivity index (χ3n) is 2.24. The molecule has 80 valence electrons. The van der Waals surface area contributed by atoms with Crippen LogP contribution >= 0.6 is 0 Å². The van der Waals surface area contributed by atoms with E-state index >= 15 is 0 Å². The summed E-state index contributed by atoms with van der Waals surface area (Å²) in [5, 5.41) is 9.74. The Morgan fingerprint density at radius 2 is 2.06 bits per heavy atom. The normalized spacial score (nSPS) is 10.8. The van der Waals surface area contributed by atoms with Crippen molar-refractivity contribution in [2.24, 2.45) is 4.99 Å². The third-order valence-corrected chi connectivity index (χ3v) is 2.24.